The van der Waals surface area contributed by atoms with E-state index in [2.05, 4.69) is 10.3 Å². The molecule has 0 saturated carbocycles. The van der Waals surface area contributed by atoms with Gasteiger partial charge in [0.15, 0.2) is 0 Å². The Hall–Kier alpha value is -2.17. The smallest absolute Gasteiger partial charge is 0.230 e. The van der Waals surface area contributed by atoms with E-state index in [4.69, 9.17) is 0 Å². The van der Waals surface area contributed by atoms with E-state index < -0.39 is 5.41 Å². The number of imidazole rings is 1. The molecule has 0 spiro atoms. The van der Waals surface area contributed by atoms with Crippen LogP contribution >= 0.6 is 0 Å². The first-order chi connectivity index (χ1) is 9.95. The van der Waals surface area contributed by atoms with E-state index in [0.717, 1.165) is 17.9 Å². The molecule has 21 heavy (non-hydrogen) atoms. The standard InChI is InChI=1S/C16H20FN3O/c1-4-20-10-9-18-14(20)11-19-15(21)16(2,3)12-5-7-13(17)8-6-12/h5-10H,4,11H2,1-3H3,(H,19,21). The largest absolute Gasteiger partial charge is 0.348 e. The maximum atomic E-state index is 13.0. The second-order valence-corrected chi connectivity index (χ2v) is 5.44. The van der Waals surface area contributed by atoms with Crippen LogP contribution in [0.1, 0.15) is 32.2 Å². The van der Waals surface area contributed by atoms with Crippen molar-refractivity contribution in [3.8, 4) is 0 Å². The van der Waals surface area contributed by atoms with Crippen molar-refractivity contribution in [3.63, 3.8) is 0 Å². The number of rotatable bonds is 5. The number of carbonyl (C=O) groups excluding carboxylic acids is 1. The average molecular weight is 289 g/mol. The summed E-state index contributed by atoms with van der Waals surface area (Å²) in [4.78, 5) is 16.6. The highest BCUT2D eigenvalue weighted by atomic mass is 19.1. The van der Waals surface area contributed by atoms with Crippen LogP contribution in [0.4, 0.5) is 4.39 Å². The van der Waals surface area contributed by atoms with E-state index in [1.165, 1.54) is 12.1 Å². The van der Waals surface area contributed by atoms with Crippen LogP contribution in [-0.4, -0.2) is 15.5 Å². The van der Waals surface area contributed by atoms with Gasteiger partial charge in [0.1, 0.15) is 11.6 Å². The van der Waals surface area contributed by atoms with Gasteiger partial charge in [0.05, 0.1) is 12.0 Å². The molecule has 1 amide bonds. The molecular formula is C16H20FN3O. The Morgan fingerprint density at radius 3 is 2.62 bits per heavy atom. The summed E-state index contributed by atoms with van der Waals surface area (Å²) >= 11 is 0. The summed E-state index contributed by atoms with van der Waals surface area (Å²) in [5.74, 6) is 0.403. The van der Waals surface area contributed by atoms with Crippen LogP contribution in [0.25, 0.3) is 0 Å². The maximum absolute atomic E-state index is 13.0. The first-order valence-corrected chi connectivity index (χ1v) is 6.99. The molecule has 0 saturated heterocycles. The second-order valence-electron chi connectivity index (χ2n) is 5.44. The van der Waals surface area contributed by atoms with Crippen LogP contribution in [0.15, 0.2) is 36.7 Å². The first-order valence-electron chi connectivity index (χ1n) is 6.99. The number of aryl methyl sites for hydroxylation is 1. The summed E-state index contributed by atoms with van der Waals surface area (Å²) in [5.41, 5.74) is 0.0531. The third-order valence-electron chi connectivity index (χ3n) is 3.68. The Morgan fingerprint density at radius 1 is 1.33 bits per heavy atom. The molecule has 1 aromatic heterocycles. The number of carbonyl (C=O) groups is 1. The number of nitrogens with one attached hydrogen (secondary N) is 1. The molecule has 4 nitrogen and oxygen atoms in total. The highest BCUT2D eigenvalue weighted by molar-refractivity contribution is 5.87. The lowest BCUT2D eigenvalue weighted by atomic mass is 9.83. The van der Waals surface area contributed by atoms with Crippen molar-refractivity contribution in [1.29, 1.82) is 0 Å². The SMILES string of the molecule is CCn1ccnc1CNC(=O)C(C)(C)c1ccc(F)cc1. The summed E-state index contributed by atoms with van der Waals surface area (Å²) in [7, 11) is 0. The topological polar surface area (TPSA) is 46.9 Å². The number of nitrogens with zero attached hydrogens (tertiary/aromatic N) is 2. The summed E-state index contributed by atoms with van der Waals surface area (Å²) in [5, 5.41) is 2.90. The molecule has 2 rings (SSSR count). The number of amides is 1. The van der Waals surface area contributed by atoms with E-state index in [0.29, 0.717) is 6.54 Å². The van der Waals surface area contributed by atoms with Crippen molar-refractivity contribution in [2.24, 2.45) is 0 Å². The number of benzene rings is 1. The number of halogens is 1. The minimum atomic E-state index is -0.725. The molecule has 2 aromatic rings. The van der Waals surface area contributed by atoms with E-state index in [1.54, 1.807) is 18.3 Å². The Morgan fingerprint density at radius 2 is 2.00 bits per heavy atom. The average Bonchev–Trinajstić information content (AvgIpc) is 2.92. The van der Waals surface area contributed by atoms with Crippen molar-refractivity contribution >= 4 is 5.91 Å². The summed E-state index contributed by atoms with van der Waals surface area (Å²) < 4.78 is 15.0. The lowest BCUT2D eigenvalue weighted by Gasteiger charge is -2.24. The molecule has 0 aliphatic rings. The predicted octanol–water partition coefficient (Wildman–Crippen LogP) is 2.64. The lowest BCUT2D eigenvalue weighted by molar-refractivity contribution is -0.125. The van der Waals surface area contributed by atoms with Crippen LogP contribution in [0.5, 0.6) is 0 Å². The molecule has 5 heteroatoms. The normalized spacial score (nSPS) is 11.4. The van der Waals surface area contributed by atoms with Crippen molar-refractivity contribution in [3.05, 3.63) is 53.9 Å². The van der Waals surface area contributed by atoms with E-state index >= 15 is 0 Å². The van der Waals surface area contributed by atoms with Crippen LogP contribution in [0.2, 0.25) is 0 Å². The lowest BCUT2D eigenvalue weighted by Crippen LogP contribution is -2.40. The number of hydrogen-bond donors (Lipinski definition) is 1. The molecule has 112 valence electrons. The van der Waals surface area contributed by atoms with Gasteiger partial charge in [-0.25, -0.2) is 9.37 Å². The van der Waals surface area contributed by atoms with Crippen molar-refractivity contribution in [2.45, 2.75) is 39.3 Å². The molecule has 0 aliphatic heterocycles. The van der Waals surface area contributed by atoms with Gasteiger partial charge in [-0.05, 0) is 38.5 Å². The van der Waals surface area contributed by atoms with Gasteiger partial charge in [-0.3, -0.25) is 4.79 Å². The van der Waals surface area contributed by atoms with Gasteiger partial charge >= 0.3 is 0 Å². The molecule has 0 bridgehead atoms. The summed E-state index contributed by atoms with van der Waals surface area (Å²) in [6, 6.07) is 6.02. The zero-order valence-corrected chi connectivity index (χ0v) is 12.6. The van der Waals surface area contributed by atoms with Gasteiger partial charge in [0, 0.05) is 18.9 Å². The van der Waals surface area contributed by atoms with Gasteiger partial charge < -0.3 is 9.88 Å². The van der Waals surface area contributed by atoms with Crippen LogP contribution in [0.3, 0.4) is 0 Å². The minimum absolute atomic E-state index is 0.111. The molecule has 1 N–H and O–H groups in total. The van der Waals surface area contributed by atoms with Gasteiger partial charge in [-0.2, -0.15) is 0 Å². The molecule has 0 aliphatic carbocycles. The molecule has 0 radical (unpaired) electrons. The molecule has 0 fully saturated rings. The molecule has 0 atom stereocenters. The fraction of sp³-hybridized carbons (Fsp3) is 0.375. The highest BCUT2D eigenvalue weighted by Crippen LogP contribution is 2.23. The fourth-order valence-corrected chi connectivity index (χ4v) is 2.17. The van der Waals surface area contributed by atoms with E-state index in [9.17, 15) is 9.18 Å². The van der Waals surface area contributed by atoms with Crippen LogP contribution in [0, 0.1) is 5.82 Å². The van der Waals surface area contributed by atoms with Gasteiger partial charge in [0.2, 0.25) is 5.91 Å². The molecular weight excluding hydrogens is 269 g/mol. The van der Waals surface area contributed by atoms with Crippen molar-refractivity contribution < 1.29 is 9.18 Å². The number of hydrogen-bond acceptors (Lipinski definition) is 2. The second kappa shape index (κ2) is 6.08. The first kappa shape index (κ1) is 15.2. The Kier molecular flexibility index (Phi) is 4.40. The Balaban J connectivity index is 2.06. The van der Waals surface area contributed by atoms with Gasteiger partial charge in [0.25, 0.3) is 0 Å². The fourth-order valence-electron chi connectivity index (χ4n) is 2.17. The predicted molar refractivity (Wildman–Crippen MR) is 79.2 cm³/mol. The molecule has 0 unspecified atom stereocenters. The van der Waals surface area contributed by atoms with Gasteiger partial charge in [-0.1, -0.05) is 12.1 Å². The third-order valence-corrected chi connectivity index (χ3v) is 3.68. The van der Waals surface area contributed by atoms with E-state index in [-0.39, 0.29) is 11.7 Å². The highest BCUT2D eigenvalue weighted by Gasteiger charge is 2.29. The minimum Gasteiger partial charge on any atom is -0.348 e. The van der Waals surface area contributed by atoms with Gasteiger partial charge in [-0.15, -0.1) is 0 Å². The third kappa shape index (κ3) is 3.29. The molecule has 1 heterocycles. The van der Waals surface area contributed by atoms with E-state index in [1.807, 2.05) is 31.5 Å². The zero-order chi connectivity index (χ0) is 15.5. The summed E-state index contributed by atoms with van der Waals surface area (Å²) in [6.07, 6.45) is 3.60. The Labute approximate surface area is 124 Å². The quantitative estimate of drug-likeness (QED) is 0.920. The van der Waals surface area contributed by atoms with Crippen molar-refractivity contribution in [2.75, 3.05) is 0 Å². The Bertz CT molecular complexity index is 617. The summed E-state index contributed by atoms with van der Waals surface area (Å²) in [6.45, 7) is 6.86. The molecule has 1 aromatic carbocycles. The monoisotopic (exact) mass is 289 g/mol. The zero-order valence-electron chi connectivity index (χ0n) is 12.6. The van der Waals surface area contributed by atoms with Crippen LogP contribution in [-0.2, 0) is 23.3 Å². The maximum Gasteiger partial charge on any atom is 0.230 e. The number of aromatic nitrogens is 2. The van der Waals surface area contributed by atoms with Crippen molar-refractivity contribution in [1.82, 2.24) is 14.9 Å². The van der Waals surface area contributed by atoms with Crippen LogP contribution < -0.4 is 5.32 Å².